The Morgan fingerprint density at radius 1 is 0.944 bits per heavy atom. The van der Waals surface area contributed by atoms with Gasteiger partial charge >= 0.3 is 51.4 Å². The van der Waals surface area contributed by atoms with Crippen molar-refractivity contribution in [2.75, 3.05) is 0 Å². The number of amidine groups is 1. The Morgan fingerprint density at radius 2 is 1.44 bits per heavy atom. The maximum atomic E-state index is 4.89. The second-order valence-electron chi connectivity index (χ2n) is 6.25. The van der Waals surface area contributed by atoms with Crippen molar-refractivity contribution in [1.29, 1.82) is 0 Å². The molecule has 0 heterocycles. The van der Waals surface area contributed by atoms with Crippen molar-refractivity contribution < 1.29 is 51.4 Å². The van der Waals surface area contributed by atoms with Crippen LogP contribution in [0.25, 0.3) is 4.98 Å². The van der Waals surface area contributed by atoms with Gasteiger partial charge in [0.15, 0.2) is 0 Å². The molecule has 0 amide bonds. The van der Waals surface area contributed by atoms with Gasteiger partial charge in [0.1, 0.15) is 0 Å². The molecule has 0 atom stereocenters. The molecule has 0 aliphatic carbocycles. The third kappa shape index (κ3) is 8.04. The van der Waals surface area contributed by atoms with E-state index in [0.717, 1.165) is 11.4 Å². The van der Waals surface area contributed by atoms with Crippen LogP contribution in [0.5, 0.6) is 0 Å². The van der Waals surface area contributed by atoms with Crippen LogP contribution in [0.2, 0.25) is 39.3 Å². The molecule has 0 saturated carbocycles. The summed E-state index contributed by atoms with van der Waals surface area (Å²) in [5, 5.41) is 0. The first-order valence-electron chi connectivity index (χ1n) is 6.06. The molecule has 0 N–H and O–H groups in total. The van der Waals surface area contributed by atoms with Gasteiger partial charge in [0, 0.05) is 16.5 Å². The van der Waals surface area contributed by atoms with Crippen LogP contribution in [0.3, 0.4) is 0 Å². The van der Waals surface area contributed by atoms with Gasteiger partial charge < -0.3 is 9.64 Å². The monoisotopic (exact) mass is 302 g/mol. The molecule has 1 aromatic carbocycles. The fourth-order valence-corrected chi connectivity index (χ4v) is 3.11. The molecule has 0 fully saturated rings. The molecule has 0 aliphatic heterocycles. The van der Waals surface area contributed by atoms with E-state index >= 15 is 0 Å². The van der Waals surface area contributed by atoms with Crippen LogP contribution in [0.15, 0.2) is 35.0 Å². The molecule has 0 bridgehead atoms. The first-order chi connectivity index (χ1) is 7.67. The summed E-state index contributed by atoms with van der Waals surface area (Å²) < 4.78 is 4.89. The SMILES string of the molecule is C[Si](C)(C)/N=C(/[N-][Si](C)(C)C)c1ccccc1.[K+]. The molecular weight excluding hydrogens is 279 g/mol. The van der Waals surface area contributed by atoms with Gasteiger partial charge in [-0.1, -0.05) is 75.4 Å². The van der Waals surface area contributed by atoms with Crippen LogP contribution in [-0.4, -0.2) is 22.3 Å². The Labute approximate surface area is 156 Å². The van der Waals surface area contributed by atoms with E-state index in [-0.39, 0.29) is 51.4 Å². The van der Waals surface area contributed by atoms with Crippen LogP contribution < -0.4 is 51.4 Å². The largest absolute Gasteiger partial charge is 1.00 e. The minimum absolute atomic E-state index is 0. The predicted molar refractivity (Wildman–Crippen MR) is 83.0 cm³/mol. The van der Waals surface area contributed by atoms with Crippen molar-refractivity contribution in [2.24, 2.45) is 4.66 Å². The van der Waals surface area contributed by atoms with E-state index < -0.39 is 16.5 Å². The maximum Gasteiger partial charge on any atom is 1.00 e. The smallest absolute Gasteiger partial charge is 0.472 e. The fourth-order valence-electron chi connectivity index (χ4n) is 1.38. The minimum Gasteiger partial charge on any atom is -0.472 e. The summed E-state index contributed by atoms with van der Waals surface area (Å²) in [6, 6.07) is 10.3. The molecule has 0 aliphatic rings. The van der Waals surface area contributed by atoms with Crippen molar-refractivity contribution in [2.45, 2.75) is 39.3 Å². The molecule has 5 heteroatoms. The fraction of sp³-hybridized carbons (Fsp3) is 0.462. The average Bonchev–Trinajstić information content (AvgIpc) is 2.14. The zero-order valence-corrected chi connectivity index (χ0v) is 17.9. The topological polar surface area (TPSA) is 26.5 Å². The number of nitrogens with zero attached hydrogens (tertiary/aromatic N) is 2. The zero-order chi connectivity index (χ0) is 13.1. The van der Waals surface area contributed by atoms with E-state index in [1.807, 2.05) is 6.07 Å². The Hall–Kier alpha value is 0.760. The first-order valence-corrected chi connectivity index (χ1v) is 12.9. The number of rotatable bonds is 3. The summed E-state index contributed by atoms with van der Waals surface area (Å²) in [4.78, 5) is 4.89. The number of benzene rings is 1. The molecule has 18 heavy (non-hydrogen) atoms. The van der Waals surface area contributed by atoms with E-state index in [4.69, 9.17) is 9.64 Å². The molecule has 0 aromatic heterocycles. The van der Waals surface area contributed by atoms with Gasteiger partial charge in [0.25, 0.3) is 0 Å². The number of hydrogen-bond donors (Lipinski definition) is 0. The summed E-state index contributed by atoms with van der Waals surface area (Å²) in [5.74, 6) is 0.962. The normalized spacial score (nSPS) is 12.9. The van der Waals surface area contributed by atoms with Crippen molar-refractivity contribution in [3.63, 3.8) is 0 Å². The predicted octanol–water partition coefficient (Wildman–Crippen LogP) is 1.48. The third-order valence-electron chi connectivity index (χ3n) is 1.91. The van der Waals surface area contributed by atoms with E-state index in [2.05, 4.69) is 63.5 Å². The van der Waals surface area contributed by atoms with Crippen molar-refractivity contribution in [3.8, 4) is 0 Å². The van der Waals surface area contributed by atoms with Crippen molar-refractivity contribution >= 4 is 22.3 Å². The van der Waals surface area contributed by atoms with Crippen molar-refractivity contribution in [1.82, 2.24) is 0 Å². The third-order valence-corrected chi connectivity index (χ3v) is 3.68. The van der Waals surface area contributed by atoms with Crippen LogP contribution in [0.1, 0.15) is 5.56 Å². The van der Waals surface area contributed by atoms with Gasteiger partial charge in [-0.25, -0.2) is 0 Å². The summed E-state index contributed by atoms with van der Waals surface area (Å²) >= 11 is 0. The van der Waals surface area contributed by atoms with Crippen LogP contribution in [0.4, 0.5) is 0 Å². The summed E-state index contributed by atoms with van der Waals surface area (Å²) in [6.07, 6.45) is 0. The standard InChI is InChI=1S/C13H23N2Si2.K/c1-16(2,3)14-13(15-17(4,5)6)12-10-8-7-9-11-12;/h7-11H,1-6H3;/q-1;+1. The molecule has 0 saturated heterocycles. The van der Waals surface area contributed by atoms with Gasteiger partial charge in [0.05, 0.1) is 0 Å². The second kappa shape index (κ2) is 7.52. The maximum absolute atomic E-state index is 4.89. The van der Waals surface area contributed by atoms with Gasteiger partial charge in [-0.05, 0) is 5.56 Å². The Kier molecular flexibility index (Phi) is 7.84. The van der Waals surface area contributed by atoms with Crippen LogP contribution >= 0.6 is 0 Å². The number of hydrogen-bond acceptors (Lipinski definition) is 1. The average molecular weight is 303 g/mol. The summed E-state index contributed by atoms with van der Waals surface area (Å²) in [5.41, 5.74) is 1.15. The second-order valence-corrected chi connectivity index (χ2v) is 15.4. The van der Waals surface area contributed by atoms with Gasteiger partial charge in [-0.2, -0.15) is 0 Å². The Bertz CT molecular complexity index is 392. The van der Waals surface area contributed by atoms with Crippen LogP contribution in [0, 0.1) is 0 Å². The molecule has 94 valence electrons. The molecule has 0 radical (unpaired) electrons. The van der Waals surface area contributed by atoms with E-state index in [1.165, 1.54) is 0 Å². The Balaban J connectivity index is 0.00000289. The summed E-state index contributed by atoms with van der Waals surface area (Å²) in [6.45, 7) is 13.5. The van der Waals surface area contributed by atoms with E-state index in [9.17, 15) is 0 Å². The molecule has 1 aromatic rings. The molecule has 0 unspecified atom stereocenters. The van der Waals surface area contributed by atoms with E-state index in [1.54, 1.807) is 0 Å². The quantitative estimate of drug-likeness (QED) is 0.459. The van der Waals surface area contributed by atoms with E-state index in [0.29, 0.717) is 0 Å². The Morgan fingerprint density at radius 3 is 1.83 bits per heavy atom. The molecule has 2 nitrogen and oxygen atoms in total. The zero-order valence-electron chi connectivity index (χ0n) is 12.8. The van der Waals surface area contributed by atoms with Crippen LogP contribution in [-0.2, 0) is 0 Å². The van der Waals surface area contributed by atoms with Crippen molar-refractivity contribution in [3.05, 3.63) is 40.9 Å². The van der Waals surface area contributed by atoms with Gasteiger partial charge in [-0.3, -0.25) is 0 Å². The molecule has 1 rings (SSSR count). The minimum atomic E-state index is -1.49. The van der Waals surface area contributed by atoms with Gasteiger partial charge in [0.2, 0.25) is 0 Å². The molecule has 0 spiro atoms. The first kappa shape index (κ1) is 18.8. The summed E-state index contributed by atoms with van der Waals surface area (Å²) in [7, 11) is -2.97. The van der Waals surface area contributed by atoms with Gasteiger partial charge in [-0.15, -0.1) is 0 Å². The molecular formula is C13H23KN2Si2.